The first kappa shape index (κ1) is 21.7. The zero-order valence-corrected chi connectivity index (χ0v) is 19.3. The van der Waals surface area contributed by atoms with Crippen molar-refractivity contribution in [1.82, 2.24) is 20.1 Å². The first-order valence-electron chi connectivity index (χ1n) is 11.8. The van der Waals surface area contributed by atoms with Crippen LogP contribution in [0.15, 0.2) is 29.4 Å². The van der Waals surface area contributed by atoms with Crippen molar-refractivity contribution >= 4 is 17.7 Å². The van der Waals surface area contributed by atoms with Crippen LogP contribution in [0.1, 0.15) is 57.3 Å². The van der Waals surface area contributed by atoms with E-state index in [1.165, 1.54) is 56.4 Å². The van der Waals surface area contributed by atoms with Crippen molar-refractivity contribution < 1.29 is 13.9 Å². The second kappa shape index (κ2) is 9.41. The minimum Gasteiger partial charge on any atom is -0.483 e. The second-order valence-electron chi connectivity index (χ2n) is 9.60. The highest BCUT2D eigenvalue weighted by atomic mass is 32.2. The third-order valence-corrected chi connectivity index (χ3v) is 8.31. The molecule has 8 heteroatoms. The van der Waals surface area contributed by atoms with E-state index in [0.29, 0.717) is 23.4 Å². The van der Waals surface area contributed by atoms with Gasteiger partial charge in [0, 0.05) is 12.6 Å². The molecule has 1 amide bonds. The number of para-hydroxylation sites is 1. The number of benzene rings is 1. The van der Waals surface area contributed by atoms with Crippen molar-refractivity contribution in [3.63, 3.8) is 0 Å². The molecule has 6 nitrogen and oxygen atoms in total. The molecular formula is C24H31FN4O2S. The highest BCUT2D eigenvalue weighted by Gasteiger charge is 2.43. The molecule has 1 heterocycles. The number of nitrogens with one attached hydrogen (secondary N) is 1. The van der Waals surface area contributed by atoms with Crippen LogP contribution >= 0.6 is 11.8 Å². The lowest BCUT2D eigenvalue weighted by Gasteiger charge is -2.30. The number of ether oxygens (including phenoxy) is 1. The maximum Gasteiger partial charge on any atom is 0.230 e. The summed E-state index contributed by atoms with van der Waals surface area (Å²) in [6.45, 7) is 3.15. The highest BCUT2D eigenvalue weighted by molar-refractivity contribution is 7.99. The van der Waals surface area contributed by atoms with E-state index in [2.05, 4.69) is 27.0 Å². The van der Waals surface area contributed by atoms with E-state index in [0.717, 1.165) is 23.5 Å². The van der Waals surface area contributed by atoms with Crippen LogP contribution in [0.2, 0.25) is 0 Å². The van der Waals surface area contributed by atoms with Gasteiger partial charge in [0.2, 0.25) is 5.91 Å². The van der Waals surface area contributed by atoms with Gasteiger partial charge in [0.1, 0.15) is 6.61 Å². The molecule has 1 N–H and O–H groups in total. The van der Waals surface area contributed by atoms with Crippen LogP contribution in [-0.4, -0.2) is 33.0 Å². The fraction of sp³-hybridized carbons (Fsp3) is 0.625. The van der Waals surface area contributed by atoms with E-state index in [9.17, 15) is 9.18 Å². The first-order valence-corrected chi connectivity index (χ1v) is 12.8. The third kappa shape index (κ3) is 4.80. The number of amides is 1. The molecule has 2 aromatic rings. The quantitative estimate of drug-likeness (QED) is 0.527. The van der Waals surface area contributed by atoms with Crippen LogP contribution in [0.4, 0.5) is 4.39 Å². The summed E-state index contributed by atoms with van der Waals surface area (Å²) in [5, 5.41) is 12.6. The largest absolute Gasteiger partial charge is 0.483 e. The van der Waals surface area contributed by atoms with Crippen LogP contribution < -0.4 is 10.1 Å². The molecule has 1 aromatic heterocycles. The maximum absolute atomic E-state index is 14.0. The van der Waals surface area contributed by atoms with Crippen LogP contribution in [0.25, 0.3) is 0 Å². The minimum atomic E-state index is -0.387. The second-order valence-corrected chi connectivity index (χ2v) is 10.5. The molecule has 3 fully saturated rings. The molecule has 0 saturated heterocycles. The smallest absolute Gasteiger partial charge is 0.230 e. The topological polar surface area (TPSA) is 69.0 Å². The summed E-state index contributed by atoms with van der Waals surface area (Å²) in [4.78, 5) is 12.3. The van der Waals surface area contributed by atoms with Crippen molar-refractivity contribution in [1.29, 1.82) is 0 Å². The number of rotatable bonds is 10. The van der Waals surface area contributed by atoms with Gasteiger partial charge >= 0.3 is 0 Å². The lowest BCUT2D eigenvalue weighted by Crippen LogP contribution is -2.28. The Morgan fingerprint density at radius 3 is 2.81 bits per heavy atom. The Kier molecular flexibility index (Phi) is 6.40. The summed E-state index contributed by atoms with van der Waals surface area (Å²) < 4.78 is 21.9. The molecule has 4 atom stereocenters. The van der Waals surface area contributed by atoms with E-state index in [1.807, 2.05) is 0 Å². The van der Waals surface area contributed by atoms with Crippen molar-refractivity contribution in [3.05, 3.63) is 35.9 Å². The van der Waals surface area contributed by atoms with E-state index in [4.69, 9.17) is 4.74 Å². The van der Waals surface area contributed by atoms with E-state index < -0.39 is 0 Å². The summed E-state index contributed by atoms with van der Waals surface area (Å²) in [6.07, 6.45) is 7.65. The molecule has 3 aliphatic rings. The molecule has 2 bridgehead atoms. The average Bonchev–Trinajstić information content (AvgIpc) is 3.19. The number of aromatic nitrogens is 3. The molecule has 0 aliphatic heterocycles. The highest BCUT2D eigenvalue weighted by Crippen LogP contribution is 2.52. The first-order chi connectivity index (χ1) is 15.6. The van der Waals surface area contributed by atoms with E-state index >= 15 is 0 Å². The zero-order chi connectivity index (χ0) is 22.1. The van der Waals surface area contributed by atoms with Crippen molar-refractivity contribution in [2.45, 2.75) is 63.3 Å². The molecule has 0 radical (unpaired) electrons. The molecular weight excluding hydrogens is 427 g/mol. The van der Waals surface area contributed by atoms with Gasteiger partial charge in [-0.25, -0.2) is 4.39 Å². The molecule has 4 unspecified atom stereocenters. The summed E-state index contributed by atoms with van der Waals surface area (Å²) in [5.41, 5.74) is 0. The Labute approximate surface area is 192 Å². The van der Waals surface area contributed by atoms with Crippen molar-refractivity contribution in [2.75, 3.05) is 12.3 Å². The zero-order valence-electron chi connectivity index (χ0n) is 18.5. The predicted molar refractivity (Wildman–Crippen MR) is 121 cm³/mol. The van der Waals surface area contributed by atoms with Gasteiger partial charge in [0.25, 0.3) is 0 Å². The molecule has 1 aromatic carbocycles. The normalized spacial score (nSPS) is 25.1. The molecule has 0 spiro atoms. The van der Waals surface area contributed by atoms with Crippen LogP contribution in [0.3, 0.4) is 0 Å². The van der Waals surface area contributed by atoms with Crippen LogP contribution in [0, 0.1) is 29.5 Å². The number of carbonyl (C=O) groups excluding carboxylic acids is 1. The predicted octanol–water partition coefficient (Wildman–Crippen LogP) is 4.61. The summed E-state index contributed by atoms with van der Waals surface area (Å²) in [5.74, 6) is 3.70. The van der Waals surface area contributed by atoms with Gasteiger partial charge in [0.15, 0.2) is 22.5 Å². The molecule has 3 saturated carbocycles. The summed E-state index contributed by atoms with van der Waals surface area (Å²) >= 11 is 1.43. The van der Waals surface area contributed by atoms with Gasteiger partial charge in [-0.1, -0.05) is 30.3 Å². The van der Waals surface area contributed by atoms with Crippen molar-refractivity contribution in [3.8, 4) is 5.75 Å². The molecule has 3 aliphatic carbocycles. The number of hydrogen-bond acceptors (Lipinski definition) is 5. The molecule has 5 rings (SSSR count). The van der Waals surface area contributed by atoms with E-state index in [-0.39, 0.29) is 30.1 Å². The Morgan fingerprint density at radius 2 is 2.09 bits per heavy atom. The minimum absolute atomic E-state index is 0.0354. The Bertz CT molecular complexity index is 963. The summed E-state index contributed by atoms with van der Waals surface area (Å²) in [6, 6.07) is 6.62. The maximum atomic E-state index is 14.0. The number of halogens is 1. The van der Waals surface area contributed by atoms with Crippen LogP contribution in [-0.2, 0) is 11.4 Å². The van der Waals surface area contributed by atoms with Gasteiger partial charge in [-0.2, -0.15) is 0 Å². The fourth-order valence-corrected chi connectivity index (χ4v) is 6.33. The average molecular weight is 459 g/mol. The number of thioether (sulfide) groups is 1. The monoisotopic (exact) mass is 458 g/mol. The van der Waals surface area contributed by atoms with Gasteiger partial charge < -0.3 is 10.1 Å². The molecule has 172 valence electrons. The Morgan fingerprint density at radius 1 is 1.25 bits per heavy atom. The third-order valence-electron chi connectivity index (χ3n) is 7.37. The lowest BCUT2D eigenvalue weighted by molar-refractivity contribution is -0.118. The fourth-order valence-electron chi connectivity index (χ4n) is 5.45. The number of carbonyl (C=O) groups is 1. The Hall–Kier alpha value is -2.09. The lowest BCUT2D eigenvalue weighted by atomic mass is 9.84. The van der Waals surface area contributed by atoms with Crippen LogP contribution in [0.5, 0.6) is 5.75 Å². The van der Waals surface area contributed by atoms with Gasteiger partial charge in [0.05, 0.1) is 5.75 Å². The summed E-state index contributed by atoms with van der Waals surface area (Å²) in [7, 11) is 0. The molecule has 32 heavy (non-hydrogen) atoms. The van der Waals surface area contributed by atoms with E-state index in [1.54, 1.807) is 18.2 Å². The van der Waals surface area contributed by atoms with Gasteiger partial charge in [-0.3, -0.25) is 9.36 Å². The van der Waals surface area contributed by atoms with Crippen molar-refractivity contribution in [2.24, 2.45) is 23.7 Å². The SMILES string of the molecule is CC(C1CC2CCC1C2)n1c(COc2ccccc2F)nnc1SCC(=O)NCC1CC1. The number of hydrogen-bond donors (Lipinski definition) is 1. The van der Waals surface area contributed by atoms with Gasteiger partial charge in [-0.05, 0) is 74.8 Å². The van der Waals surface area contributed by atoms with Gasteiger partial charge in [-0.15, -0.1) is 10.2 Å². The Balaban J connectivity index is 1.31. The number of fused-ring (bicyclic) bond motifs is 2. The standard InChI is InChI=1S/C24H31FN4O2S/c1-15(19-11-17-8-9-18(19)10-17)29-22(13-31-21-5-3-2-4-20(21)25)27-28-24(29)32-14-23(30)26-12-16-6-7-16/h2-5,15-19H,6-14H2,1H3,(H,26,30). The number of nitrogens with zero attached hydrogens (tertiary/aromatic N) is 3.